The van der Waals surface area contributed by atoms with Crippen LogP contribution in [0.15, 0.2) is 37.4 Å². The largest absolute Gasteiger partial charge is 0.244 e. The monoisotopic (exact) mass is 216 g/mol. The third kappa shape index (κ3) is 2.74. The minimum Gasteiger partial charge on any atom is -0.240 e. The van der Waals surface area contributed by atoms with Gasteiger partial charge in [0.05, 0.1) is 14.1 Å². The number of aromatic nitrogens is 4. The highest BCUT2D eigenvalue weighted by molar-refractivity contribution is 4.99. The van der Waals surface area contributed by atoms with Crippen molar-refractivity contribution in [2.75, 3.05) is 0 Å². The summed E-state index contributed by atoms with van der Waals surface area (Å²) >= 11 is 0. The zero-order valence-corrected chi connectivity index (χ0v) is 9.67. The maximum atomic E-state index is 3.14. The Morgan fingerprint density at radius 2 is 1.31 bits per heavy atom. The van der Waals surface area contributed by atoms with E-state index in [1.165, 1.54) is 0 Å². The van der Waals surface area contributed by atoms with Crippen molar-refractivity contribution in [3.63, 3.8) is 0 Å². The molecule has 82 valence electrons. The Kier molecular flexibility index (Phi) is 3.06. The van der Waals surface area contributed by atoms with Crippen molar-refractivity contribution in [2.45, 2.75) is 13.1 Å². The van der Waals surface area contributed by atoms with Gasteiger partial charge in [-0.2, -0.15) is 0 Å². The van der Waals surface area contributed by atoms with Crippen LogP contribution in [0.5, 0.6) is 0 Å². The predicted octanol–water partition coefficient (Wildman–Crippen LogP) is -0.358. The molecule has 0 N–H and O–H groups in total. The molecular weight excluding hydrogens is 200 g/mol. The molecule has 2 rings (SSSR count). The first-order chi connectivity index (χ1) is 7.74. The predicted molar refractivity (Wildman–Crippen MR) is 59.0 cm³/mol. The fourth-order valence-electron chi connectivity index (χ4n) is 1.48. The number of nitrogens with zero attached hydrogens (tertiary/aromatic N) is 4. The van der Waals surface area contributed by atoms with Crippen molar-refractivity contribution >= 4 is 0 Å². The third-order valence-corrected chi connectivity index (χ3v) is 2.30. The van der Waals surface area contributed by atoms with Gasteiger partial charge < -0.3 is 0 Å². The summed E-state index contributed by atoms with van der Waals surface area (Å²) in [6.45, 7) is 1.49. The molecule has 2 heterocycles. The van der Waals surface area contributed by atoms with E-state index in [1.807, 2.05) is 60.7 Å². The normalized spacial score (nSPS) is 9.88. The van der Waals surface area contributed by atoms with Gasteiger partial charge in [0, 0.05) is 0 Å². The lowest BCUT2D eigenvalue weighted by molar-refractivity contribution is -0.671. The molecule has 0 saturated heterocycles. The highest BCUT2D eigenvalue weighted by Crippen LogP contribution is 1.83. The molecular formula is C12H16N4+2. The molecule has 0 amide bonds. The highest BCUT2D eigenvalue weighted by Gasteiger charge is 1.97. The Labute approximate surface area is 95.4 Å². The maximum Gasteiger partial charge on any atom is 0.244 e. The lowest BCUT2D eigenvalue weighted by Crippen LogP contribution is -2.23. The van der Waals surface area contributed by atoms with Gasteiger partial charge >= 0.3 is 0 Å². The average Bonchev–Trinajstić information content (AvgIpc) is 2.83. The minimum absolute atomic E-state index is 0.744. The van der Waals surface area contributed by atoms with E-state index in [0.717, 1.165) is 13.1 Å². The topological polar surface area (TPSA) is 17.6 Å². The molecule has 0 radical (unpaired) electrons. The molecule has 0 fully saturated rings. The average molecular weight is 216 g/mol. The Balaban J connectivity index is 1.87. The second-order valence-electron chi connectivity index (χ2n) is 3.86. The molecule has 0 aliphatic carbocycles. The van der Waals surface area contributed by atoms with Crippen molar-refractivity contribution in [3.8, 4) is 11.8 Å². The first-order valence-corrected chi connectivity index (χ1v) is 5.22. The molecule has 4 nitrogen and oxygen atoms in total. The quantitative estimate of drug-likeness (QED) is 0.482. The number of rotatable bonds is 2. The molecule has 2 aromatic rings. The summed E-state index contributed by atoms with van der Waals surface area (Å²) in [7, 11) is 4.01. The number of hydrogen-bond donors (Lipinski definition) is 0. The molecule has 0 aromatic carbocycles. The molecule has 4 heteroatoms. The molecule has 0 bridgehead atoms. The summed E-state index contributed by atoms with van der Waals surface area (Å²) in [4.78, 5) is 0. The van der Waals surface area contributed by atoms with E-state index in [9.17, 15) is 0 Å². The SMILES string of the molecule is C[n+]1ccn(CC#CCn2cc[n+](C)c2)c1. The second kappa shape index (κ2) is 4.67. The van der Waals surface area contributed by atoms with Crippen molar-refractivity contribution in [1.82, 2.24) is 9.13 Å². The van der Waals surface area contributed by atoms with Crippen LogP contribution in [-0.2, 0) is 27.2 Å². The van der Waals surface area contributed by atoms with E-state index in [1.54, 1.807) is 0 Å². The second-order valence-corrected chi connectivity index (χ2v) is 3.86. The van der Waals surface area contributed by atoms with Crippen molar-refractivity contribution < 1.29 is 9.13 Å². The van der Waals surface area contributed by atoms with E-state index in [2.05, 4.69) is 21.0 Å². The molecule has 0 saturated carbocycles. The Hall–Kier alpha value is -2.02. The van der Waals surface area contributed by atoms with E-state index in [-0.39, 0.29) is 0 Å². The molecule has 2 aromatic heterocycles. The lowest BCUT2D eigenvalue weighted by Gasteiger charge is -1.85. The maximum absolute atomic E-state index is 3.14. The zero-order chi connectivity index (χ0) is 11.4. The number of hydrogen-bond acceptors (Lipinski definition) is 0. The van der Waals surface area contributed by atoms with Gasteiger partial charge in [0.25, 0.3) is 0 Å². The Morgan fingerprint density at radius 3 is 1.62 bits per heavy atom. The van der Waals surface area contributed by atoms with Crippen LogP contribution in [0.1, 0.15) is 0 Å². The van der Waals surface area contributed by atoms with E-state index < -0.39 is 0 Å². The van der Waals surface area contributed by atoms with Gasteiger partial charge in [-0.25, -0.2) is 18.3 Å². The highest BCUT2D eigenvalue weighted by atomic mass is 15.1. The Morgan fingerprint density at radius 1 is 0.875 bits per heavy atom. The molecule has 0 unspecified atom stereocenters. The van der Waals surface area contributed by atoms with Gasteiger partial charge in [0.2, 0.25) is 12.7 Å². The van der Waals surface area contributed by atoms with Gasteiger partial charge in [0.15, 0.2) is 13.1 Å². The van der Waals surface area contributed by atoms with Crippen LogP contribution in [0.4, 0.5) is 0 Å². The zero-order valence-electron chi connectivity index (χ0n) is 9.67. The van der Waals surface area contributed by atoms with Crippen LogP contribution < -0.4 is 9.13 Å². The number of aryl methyl sites for hydroxylation is 2. The van der Waals surface area contributed by atoms with E-state index in [0.29, 0.717) is 0 Å². The summed E-state index contributed by atoms with van der Waals surface area (Å²) in [5.41, 5.74) is 0. The fourth-order valence-corrected chi connectivity index (χ4v) is 1.48. The first-order valence-electron chi connectivity index (χ1n) is 5.22. The van der Waals surface area contributed by atoms with Gasteiger partial charge in [-0.05, 0) is 0 Å². The van der Waals surface area contributed by atoms with Crippen LogP contribution in [0, 0.1) is 11.8 Å². The van der Waals surface area contributed by atoms with Gasteiger partial charge in [-0.1, -0.05) is 11.8 Å². The van der Waals surface area contributed by atoms with Crippen molar-refractivity contribution in [2.24, 2.45) is 14.1 Å². The van der Waals surface area contributed by atoms with Crippen LogP contribution in [0.25, 0.3) is 0 Å². The molecule has 0 aliphatic heterocycles. The van der Waals surface area contributed by atoms with Crippen LogP contribution in [0.2, 0.25) is 0 Å². The summed E-state index contributed by atoms with van der Waals surface area (Å²) in [6.07, 6.45) is 12.1. The van der Waals surface area contributed by atoms with Crippen LogP contribution in [-0.4, -0.2) is 9.13 Å². The standard InChI is InChI=1S/C12H16N4/c1-13-7-9-15(11-13)5-3-4-6-16-10-8-14(2)12-16/h7-12H,5-6H2,1-2H3/q+2. The van der Waals surface area contributed by atoms with Gasteiger partial charge in [-0.3, -0.25) is 0 Å². The molecule has 16 heavy (non-hydrogen) atoms. The van der Waals surface area contributed by atoms with Gasteiger partial charge in [-0.15, -0.1) is 0 Å². The van der Waals surface area contributed by atoms with E-state index in [4.69, 9.17) is 0 Å². The summed E-state index contributed by atoms with van der Waals surface area (Å²) in [6, 6.07) is 0. The van der Waals surface area contributed by atoms with Crippen LogP contribution >= 0.6 is 0 Å². The molecule has 0 aliphatic rings. The smallest absolute Gasteiger partial charge is 0.240 e. The van der Waals surface area contributed by atoms with Crippen molar-refractivity contribution in [1.29, 1.82) is 0 Å². The van der Waals surface area contributed by atoms with Crippen LogP contribution in [0.3, 0.4) is 0 Å². The molecule has 0 atom stereocenters. The third-order valence-electron chi connectivity index (χ3n) is 2.30. The number of imidazole rings is 2. The first kappa shape index (κ1) is 10.5. The summed E-state index contributed by atoms with van der Waals surface area (Å²) < 4.78 is 8.13. The molecule has 0 spiro atoms. The van der Waals surface area contributed by atoms with Gasteiger partial charge in [0.1, 0.15) is 24.8 Å². The van der Waals surface area contributed by atoms with Crippen molar-refractivity contribution in [3.05, 3.63) is 37.4 Å². The Bertz CT molecular complexity index is 478. The lowest BCUT2D eigenvalue weighted by atomic mass is 10.5. The summed E-state index contributed by atoms with van der Waals surface area (Å²) in [5.74, 6) is 6.28. The summed E-state index contributed by atoms with van der Waals surface area (Å²) in [5, 5.41) is 0. The van der Waals surface area contributed by atoms with E-state index >= 15 is 0 Å². The fraction of sp³-hybridized carbons (Fsp3) is 0.333. The minimum atomic E-state index is 0.744.